The van der Waals surface area contributed by atoms with E-state index in [0.717, 1.165) is 11.4 Å². The molecular formula is C15H21N5O. The Labute approximate surface area is 124 Å². The average molecular weight is 287 g/mol. The Balaban J connectivity index is 1.98. The van der Waals surface area contributed by atoms with Crippen molar-refractivity contribution in [1.82, 2.24) is 25.5 Å². The molecule has 0 fully saturated rings. The molecule has 1 amide bonds. The summed E-state index contributed by atoms with van der Waals surface area (Å²) in [6.45, 7) is 7.90. The first kappa shape index (κ1) is 15.2. The molecule has 0 spiro atoms. The first-order valence-corrected chi connectivity index (χ1v) is 7.10. The summed E-state index contributed by atoms with van der Waals surface area (Å²) in [5.41, 5.74) is 2.35. The highest BCUT2D eigenvalue weighted by Gasteiger charge is 2.14. The van der Waals surface area contributed by atoms with Crippen molar-refractivity contribution < 1.29 is 4.79 Å². The van der Waals surface area contributed by atoms with Crippen LogP contribution in [0, 0.1) is 6.92 Å². The van der Waals surface area contributed by atoms with Crippen LogP contribution >= 0.6 is 0 Å². The molecule has 6 nitrogen and oxygen atoms in total. The van der Waals surface area contributed by atoms with Gasteiger partial charge in [0.25, 0.3) is 5.91 Å². The number of aryl methyl sites for hydroxylation is 1. The fourth-order valence-electron chi connectivity index (χ4n) is 2.02. The zero-order chi connectivity index (χ0) is 15.4. The molecule has 2 rings (SSSR count). The van der Waals surface area contributed by atoms with Gasteiger partial charge in [-0.25, -0.2) is 9.97 Å². The molecule has 1 atom stereocenters. The van der Waals surface area contributed by atoms with E-state index in [-0.39, 0.29) is 17.9 Å². The Kier molecular flexibility index (Phi) is 4.67. The van der Waals surface area contributed by atoms with Crippen molar-refractivity contribution in [2.75, 3.05) is 0 Å². The number of hydrogen-bond acceptors (Lipinski definition) is 4. The monoisotopic (exact) mass is 287 g/mol. The molecule has 112 valence electrons. The van der Waals surface area contributed by atoms with Crippen molar-refractivity contribution in [3.63, 3.8) is 0 Å². The van der Waals surface area contributed by atoms with E-state index in [9.17, 15) is 4.79 Å². The molecule has 0 aliphatic rings. The number of carbonyl (C=O) groups excluding carboxylic acids is 1. The third-order valence-electron chi connectivity index (χ3n) is 3.08. The highest BCUT2D eigenvalue weighted by atomic mass is 16.1. The van der Waals surface area contributed by atoms with E-state index in [1.807, 2.05) is 33.8 Å². The summed E-state index contributed by atoms with van der Waals surface area (Å²) < 4.78 is 0. The lowest BCUT2D eigenvalue weighted by Crippen LogP contribution is -2.34. The van der Waals surface area contributed by atoms with Crippen LogP contribution in [0.5, 0.6) is 0 Å². The topological polar surface area (TPSA) is 83.6 Å². The second-order valence-electron chi connectivity index (χ2n) is 5.58. The van der Waals surface area contributed by atoms with Crippen molar-refractivity contribution >= 4 is 5.91 Å². The van der Waals surface area contributed by atoms with E-state index in [1.54, 1.807) is 12.3 Å². The van der Waals surface area contributed by atoms with Crippen LogP contribution in [0.25, 0.3) is 0 Å². The second kappa shape index (κ2) is 6.47. The number of H-pyrrole nitrogens is 1. The average Bonchev–Trinajstić information content (AvgIpc) is 2.83. The van der Waals surface area contributed by atoms with Gasteiger partial charge in [0.15, 0.2) is 0 Å². The predicted octanol–water partition coefficient (Wildman–Crippen LogP) is 1.99. The van der Waals surface area contributed by atoms with Gasteiger partial charge < -0.3 is 5.32 Å². The number of rotatable bonds is 5. The van der Waals surface area contributed by atoms with E-state index in [4.69, 9.17) is 0 Å². The summed E-state index contributed by atoms with van der Waals surface area (Å²) in [5, 5.41) is 10.0. The lowest BCUT2D eigenvalue weighted by Gasteiger charge is -2.12. The highest BCUT2D eigenvalue weighted by Crippen LogP contribution is 2.08. The Bertz CT molecular complexity index is 620. The van der Waals surface area contributed by atoms with Gasteiger partial charge >= 0.3 is 0 Å². The molecule has 6 heteroatoms. The van der Waals surface area contributed by atoms with E-state index >= 15 is 0 Å². The zero-order valence-electron chi connectivity index (χ0n) is 12.8. The van der Waals surface area contributed by atoms with Gasteiger partial charge in [-0.15, -0.1) is 0 Å². The standard InChI is InChI=1S/C15H21N5O/c1-9(2)14-16-6-5-13(18-14)15(21)17-10(3)7-12-8-11(4)19-20-12/h5-6,8-10H,7H2,1-4H3,(H,17,21)(H,19,20)/t10-/m0/s1. The van der Waals surface area contributed by atoms with Crippen LogP contribution in [0.15, 0.2) is 18.3 Å². The Morgan fingerprint density at radius 1 is 1.38 bits per heavy atom. The second-order valence-corrected chi connectivity index (χ2v) is 5.58. The van der Waals surface area contributed by atoms with Crippen molar-refractivity contribution in [1.29, 1.82) is 0 Å². The first-order valence-electron chi connectivity index (χ1n) is 7.10. The van der Waals surface area contributed by atoms with Crippen LogP contribution in [0.1, 0.15) is 54.4 Å². The van der Waals surface area contributed by atoms with Gasteiger partial charge in [-0.2, -0.15) is 5.10 Å². The fourth-order valence-corrected chi connectivity index (χ4v) is 2.02. The molecule has 2 N–H and O–H groups in total. The molecule has 0 saturated carbocycles. The molecule has 2 aromatic rings. The number of hydrogen-bond donors (Lipinski definition) is 2. The van der Waals surface area contributed by atoms with Crippen molar-refractivity contribution in [2.24, 2.45) is 0 Å². The molecule has 0 aliphatic heterocycles. The third-order valence-corrected chi connectivity index (χ3v) is 3.08. The lowest BCUT2D eigenvalue weighted by atomic mass is 10.1. The van der Waals surface area contributed by atoms with Crippen molar-refractivity contribution in [3.8, 4) is 0 Å². The number of aromatic amines is 1. The van der Waals surface area contributed by atoms with Gasteiger partial charge in [-0.1, -0.05) is 13.8 Å². The number of carbonyl (C=O) groups is 1. The molecule has 0 radical (unpaired) electrons. The van der Waals surface area contributed by atoms with Gasteiger partial charge in [0.05, 0.1) is 5.69 Å². The maximum atomic E-state index is 12.2. The number of nitrogens with zero attached hydrogens (tertiary/aromatic N) is 3. The van der Waals surface area contributed by atoms with Crippen LogP contribution in [0.2, 0.25) is 0 Å². The predicted molar refractivity (Wildman–Crippen MR) is 80.1 cm³/mol. The lowest BCUT2D eigenvalue weighted by molar-refractivity contribution is 0.0934. The zero-order valence-corrected chi connectivity index (χ0v) is 12.8. The number of nitrogens with one attached hydrogen (secondary N) is 2. The number of amides is 1. The highest BCUT2D eigenvalue weighted by molar-refractivity contribution is 5.92. The minimum atomic E-state index is -0.181. The fraction of sp³-hybridized carbons (Fsp3) is 0.467. The SMILES string of the molecule is Cc1cc(C[C@H](C)NC(=O)c2ccnc(C(C)C)n2)n[nH]1. The molecular weight excluding hydrogens is 266 g/mol. The third kappa shape index (κ3) is 4.11. The minimum absolute atomic E-state index is 0.0161. The largest absolute Gasteiger partial charge is 0.348 e. The normalized spacial score (nSPS) is 12.4. The Morgan fingerprint density at radius 3 is 2.76 bits per heavy atom. The molecule has 0 unspecified atom stereocenters. The molecule has 0 bridgehead atoms. The first-order chi connectivity index (χ1) is 9.95. The molecule has 0 aromatic carbocycles. The van der Waals surface area contributed by atoms with Gasteiger partial charge in [0, 0.05) is 30.3 Å². The van der Waals surface area contributed by atoms with Crippen LogP contribution in [0.3, 0.4) is 0 Å². The van der Waals surface area contributed by atoms with Crippen LogP contribution in [0.4, 0.5) is 0 Å². The van der Waals surface area contributed by atoms with E-state index in [2.05, 4.69) is 25.5 Å². The quantitative estimate of drug-likeness (QED) is 0.881. The Hall–Kier alpha value is -2.24. The summed E-state index contributed by atoms with van der Waals surface area (Å²) >= 11 is 0. The molecule has 21 heavy (non-hydrogen) atoms. The smallest absolute Gasteiger partial charge is 0.270 e. The van der Waals surface area contributed by atoms with Crippen molar-refractivity contribution in [3.05, 3.63) is 41.2 Å². The Morgan fingerprint density at radius 2 is 2.14 bits per heavy atom. The van der Waals surface area contributed by atoms with Crippen LogP contribution in [-0.2, 0) is 6.42 Å². The molecule has 2 heterocycles. The van der Waals surface area contributed by atoms with E-state index < -0.39 is 0 Å². The van der Waals surface area contributed by atoms with Gasteiger partial charge in [-0.3, -0.25) is 9.89 Å². The minimum Gasteiger partial charge on any atom is -0.348 e. The summed E-state index contributed by atoms with van der Waals surface area (Å²) in [5.74, 6) is 0.694. The van der Waals surface area contributed by atoms with Crippen LogP contribution in [-0.4, -0.2) is 32.1 Å². The maximum absolute atomic E-state index is 12.2. The summed E-state index contributed by atoms with van der Waals surface area (Å²) in [6.07, 6.45) is 2.30. The van der Waals surface area contributed by atoms with E-state index in [0.29, 0.717) is 17.9 Å². The van der Waals surface area contributed by atoms with Gasteiger partial charge in [0.1, 0.15) is 11.5 Å². The number of aromatic nitrogens is 4. The van der Waals surface area contributed by atoms with E-state index in [1.165, 1.54) is 0 Å². The van der Waals surface area contributed by atoms with Crippen molar-refractivity contribution in [2.45, 2.75) is 46.1 Å². The molecule has 2 aromatic heterocycles. The molecule has 0 aliphatic carbocycles. The molecule has 0 saturated heterocycles. The summed E-state index contributed by atoms with van der Waals surface area (Å²) in [4.78, 5) is 20.7. The van der Waals surface area contributed by atoms with Gasteiger partial charge in [0.2, 0.25) is 0 Å². The maximum Gasteiger partial charge on any atom is 0.270 e. The summed E-state index contributed by atoms with van der Waals surface area (Å²) in [6, 6.07) is 3.59. The van der Waals surface area contributed by atoms with Crippen LogP contribution < -0.4 is 5.32 Å². The summed E-state index contributed by atoms with van der Waals surface area (Å²) in [7, 11) is 0. The van der Waals surface area contributed by atoms with Gasteiger partial charge in [-0.05, 0) is 26.0 Å².